The molecule has 2 rings (SSSR count). The number of amides is 1. The van der Waals surface area contributed by atoms with E-state index in [2.05, 4.69) is 4.98 Å². The molecule has 1 aromatic rings. The number of hydrogen-bond acceptors (Lipinski definition) is 4. The summed E-state index contributed by atoms with van der Waals surface area (Å²) in [6.45, 7) is 2.56. The molecule has 6 heteroatoms. The Morgan fingerprint density at radius 2 is 2.33 bits per heavy atom. The molecule has 0 spiro atoms. The van der Waals surface area contributed by atoms with Gasteiger partial charge in [-0.25, -0.2) is 0 Å². The zero-order valence-corrected chi connectivity index (χ0v) is 11.3. The molecule has 18 heavy (non-hydrogen) atoms. The third-order valence-corrected chi connectivity index (χ3v) is 4.34. The third-order valence-electron chi connectivity index (χ3n) is 3.37. The summed E-state index contributed by atoms with van der Waals surface area (Å²) in [5, 5.41) is 9.06. The van der Waals surface area contributed by atoms with Crippen LogP contribution in [0.15, 0.2) is 4.79 Å². The first-order valence-electron chi connectivity index (χ1n) is 6.25. The minimum Gasteiger partial charge on any atom is -0.396 e. The number of hydrogen-bond donors (Lipinski definition) is 2. The lowest BCUT2D eigenvalue weighted by atomic mass is 9.99. The van der Waals surface area contributed by atoms with Gasteiger partial charge in [-0.15, -0.1) is 0 Å². The summed E-state index contributed by atoms with van der Waals surface area (Å²) >= 11 is 0.971. The van der Waals surface area contributed by atoms with E-state index in [1.54, 1.807) is 6.92 Å². The van der Waals surface area contributed by atoms with Crippen molar-refractivity contribution in [2.45, 2.75) is 38.6 Å². The van der Waals surface area contributed by atoms with E-state index >= 15 is 0 Å². The zero-order valence-electron chi connectivity index (χ0n) is 10.4. The molecule has 2 heterocycles. The van der Waals surface area contributed by atoms with Crippen molar-refractivity contribution >= 4 is 17.2 Å². The monoisotopic (exact) mass is 270 g/mol. The number of aromatic amines is 1. The van der Waals surface area contributed by atoms with Gasteiger partial charge >= 0.3 is 4.87 Å². The van der Waals surface area contributed by atoms with E-state index in [0.717, 1.165) is 37.1 Å². The van der Waals surface area contributed by atoms with Gasteiger partial charge in [0.1, 0.15) is 4.88 Å². The van der Waals surface area contributed by atoms with Crippen LogP contribution in [0.1, 0.15) is 41.0 Å². The van der Waals surface area contributed by atoms with Crippen molar-refractivity contribution in [1.82, 2.24) is 9.88 Å². The van der Waals surface area contributed by atoms with E-state index in [1.165, 1.54) is 0 Å². The second kappa shape index (κ2) is 5.67. The molecule has 5 nitrogen and oxygen atoms in total. The molecule has 0 radical (unpaired) electrons. The molecule has 1 saturated heterocycles. The number of nitrogens with one attached hydrogen (secondary N) is 1. The maximum absolute atomic E-state index is 12.4. The van der Waals surface area contributed by atoms with E-state index in [0.29, 0.717) is 17.0 Å². The maximum atomic E-state index is 12.4. The van der Waals surface area contributed by atoms with Gasteiger partial charge in [0.05, 0.1) is 0 Å². The Labute approximate surface area is 109 Å². The summed E-state index contributed by atoms with van der Waals surface area (Å²) < 4.78 is 0. The predicted molar refractivity (Wildman–Crippen MR) is 70.1 cm³/mol. The van der Waals surface area contributed by atoms with Crippen molar-refractivity contribution in [3.63, 3.8) is 0 Å². The summed E-state index contributed by atoms with van der Waals surface area (Å²) in [6, 6.07) is 0.104. The molecular weight excluding hydrogens is 252 g/mol. The normalized spacial score (nSPS) is 20.1. The molecule has 0 aliphatic carbocycles. The topological polar surface area (TPSA) is 73.4 Å². The molecule has 100 valence electrons. The minimum atomic E-state index is -0.188. The predicted octanol–water partition coefficient (Wildman–Crippen LogP) is 1.12. The van der Waals surface area contributed by atoms with E-state index in [9.17, 15) is 9.59 Å². The second-order valence-electron chi connectivity index (χ2n) is 4.63. The Hall–Kier alpha value is -1.14. The lowest BCUT2D eigenvalue weighted by Crippen LogP contribution is -2.44. The molecule has 1 atom stereocenters. The van der Waals surface area contributed by atoms with E-state index in [-0.39, 0.29) is 23.4 Å². The van der Waals surface area contributed by atoms with Crippen molar-refractivity contribution in [1.29, 1.82) is 0 Å². The minimum absolute atomic E-state index is 0.0750. The SMILES string of the molecule is Cc1[nH]c(=O)sc1C(=O)N1CCCCC1CCO. The van der Waals surface area contributed by atoms with Crippen LogP contribution in [0.25, 0.3) is 0 Å². The van der Waals surface area contributed by atoms with Crippen molar-refractivity contribution in [3.05, 3.63) is 20.2 Å². The van der Waals surface area contributed by atoms with Crippen molar-refractivity contribution in [2.75, 3.05) is 13.2 Å². The smallest absolute Gasteiger partial charge is 0.305 e. The highest BCUT2D eigenvalue weighted by Crippen LogP contribution is 2.23. The Balaban J connectivity index is 2.20. The summed E-state index contributed by atoms with van der Waals surface area (Å²) in [4.78, 5) is 28.4. The Kier molecular flexibility index (Phi) is 4.19. The first kappa shape index (κ1) is 13.3. The molecule has 2 N–H and O–H groups in total. The fourth-order valence-electron chi connectivity index (χ4n) is 2.46. The number of aromatic nitrogens is 1. The number of piperidine rings is 1. The number of carbonyl (C=O) groups excluding carboxylic acids is 1. The summed E-state index contributed by atoms with van der Waals surface area (Å²) in [7, 11) is 0. The van der Waals surface area contributed by atoms with Crippen LogP contribution < -0.4 is 4.87 Å². The third kappa shape index (κ3) is 2.64. The molecule has 1 aromatic heterocycles. The summed E-state index contributed by atoms with van der Waals surface area (Å²) in [6.07, 6.45) is 3.64. The first-order valence-corrected chi connectivity index (χ1v) is 7.06. The molecule has 1 aliphatic heterocycles. The van der Waals surface area contributed by atoms with Crippen LogP contribution in [0.5, 0.6) is 0 Å². The Morgan fingerprint density at radius 3 is 2.94 bits per heavy atom. The second-order valence-corrected chi connectivity index (χ2v) is 5.61. The summed E-state index contributed by atoms with van der Waals surface area (Å²) in [5.41, 5.74) is 0.642. The molecule has 1 unspecified atom stereocenters. The van der Waals surface area contributed by atoms with Gasteiger partial charge in [0.15, 0.2) is 0 Å². The van der Waals surface area contributed by atoms with E-state index in [1.807, 2.05) is 4.90 Å². The van der Waals surface area contributed by atoms with E-state index in [4.69, 9.17) is 5.11 Å². The van der Waals surface area contributed by atoms with Gasteiger partial charge in [-0.05, 0) is 32.6 Å². The summed E-state index contributed by atoms with van der Waals surface area (Å²) in [5.74, 6) is -0.0750. The van der Waals surface area contributed by atoms with E-state index < -0.39 is 0 Å². The number of rotatable bonds is 3. The van der Waals surface area contributed by atoms with Gasteiger partial charge in [0.25, 0.3) is 5.91 Å². The van der Waals surface area contributed by atoms with Gasteiger partial charge in [-0.1, -0.05) is 11.3 Å². The highest BCUT2D eigenvalue weighted by atomic mass is 32.1. The number of aliphatic hydroxyl groups is 1. The van der Waals surface area contributed by atoms with Crippen molar-refractivity contribution < 1.29 is 9.90 Å². The molecule has 0 saturated carbocycles. The van der Waals surface area contributed by atoms with Crippen molar-refractivity contribution in [2.24, 2.45) is 0 Å². The van der Waals surface area contributed by atoms with Crippen LogP contribution in [0.2, 0.25) is 0 Å². The number of nitrogens with zero attached hydrogens (tertiary/aromatic N) is 1. The lowest BCUT2D eigenvalue weighted by molar-refractivity contribution is 0.0578. The van der Waals surface area contributed by atoms with Gasteiger partial charge in [-0.3, -0.25) is 9.59 Å². The fraction of sp³-hybridized carbons (Fsp3) is 0.667. The largest absolute Gasteiger partial charge is 0.396 e. The van der Waals surface area contributed by atoms with Crippen LogP contribution in [0, 0.1) is 6.92 Å². The number of aliphatic hydroxyl groups excluding tert-OH is 1. The van der Waals surface area contributed by atoms with Gasteiger partial charge in [0.2, 0.25) is 0 Å². The number of likely N-dealkylation sites (tertiary alicyclic amines) is 1. The van der Waals surface area contributed by atoms with Crippen molar-refractivity contribution in [3.8, 4) is 0 Å². The highest BCUT2D eigenvalue weighted by molar-refractivity contribution is 7.11. The molecular formula is C12H18N2O3S. The number of H-pyrrole nitrogens is 1. The van der Waals surface area contributed by atoms with Gasteiger partial charge in [-0.2, -0.15) is 0 Å². The molecule has 1 amide bonds. The van der Waals surface area contributed by atoms with Crippen LogP contribution in [0.3, 0.4) is 0 Å². The standard InChI is InChI=1S/C12H18N2O3S/c1-8-10(18-12(17)13-8)11(16)14-6-3-2-4-9(14)5-7-15/h9,15H,2-7H2,1H3,(H,13,17). The Morgan fingerprint density at radius 1 is 1.56 bits per heavy atom. The molecule has 1 fully saturated rings. The molecule has 0 bridgehead atoms. The van der Waals surface area contributed by atoms with Gasteiger partial charge < -0.3 is 15.0 Å². The van der Waals surface area contributed by atoms with Crippen LogP contribution in [-0.4, -0.2) is 40.1 Å². The first-order chi connectivity index (χ1) is 8.63. The lowest BCUT2D eigenvalue weighted by Gasteiger charge is -2.35. The highest BCUT2D eigenvalue weighted by Gasteiger charge is 2.28. The Bertz CT molecular complexity index is 478. The fourth-order valence-corrected chi connectivity index (χ4v) is 3.25. The zero-order chi connectivity index (χ0) is 13.1. The number of aryl methyl sites for hydroxylation is 1. The quantitative estimate of drug-likeness (QED) is 0.864. The van der Waals surface area contributed by atoms with Crippen LogP contribution >= 0.6 is 11.3 Å². The van der Waals surface area contributed by atoms with Crippen LogP contribution in [-0.2, 0) is 0 Å². The number of thiazole rings is 1. The average molecular weight is 270 g/mol. The van der Waals surface area contributed by atoms with Gasteiger partial charge in [0, 0.05) is 24.9 Å². The number of carbonyl (C=O) groups is 1. The van der Waals surface area contributed by atoms with Crippen LogP contribution in [0.4, 0.5) is 0 Å². The molecule has 0 aromatic carbocycles. The molecule has 1 aliphatic rings. The average Bonchev–Trinajstić information content (AvgIpc) is 2.69. The maximum Gasteiger partial charge on any atom is 0.305 e.